The second-order valence-corrected chi connectivity index (χ2v) is 17.9. The maximum atomic E-state index is 6.62. The Balaban J connectivity index is 0.00000514. The molecule has 0 amide bonds. The largest absolute Gasteiger partial charge is 0.509 e. The Kier molecular flexibility index (Phi) is 11.2. The molecule has 0 atom stereocenters. The third kappa shape index (κ3) is 7.65. The van der Waals surface area contributed by atoms with E-state index in [1.807, 2.05) is 36.8 Å². The molecule has 3 aromatic heterocycles. The first-order valence-electron chi connectivity index (χ1n) is 21.0. The van der Waals surface area contributed by atoms with Crippen LogP contribution in [-0.4, -0.2) is 14.5 Å². The Labute approximate surface area is 375 Å². The maximum absolute atomic E-state index is 6.62. The number of ether oxygens (including phenoxy) is 1. The molecule has 8 aromatic rings. The summed E-state index contributed by atoms with van der Waals surface area (Å²) in [4.78, 5) is 14.0. The Morgan fingerprint density at radius 3 is 2.10 bits per heavy atom. The Bertz CT molecular complexity index is 2890. The van der Waals surface area contributed by atoms with E-state index in [1.54, 1.807) is 0 Å². The van der Waals surface area contributed by atoms with E-state index in [1.165, 1.54) is 50.2 Å². The molecule has 0 spiro atoms. The topological polar surface area (TPSA) is 46.4 Å². The van der Waals surface area contributed by atoms with Crippen molar-refractivity contribution in [1.29, 1.82) is 0 Å². The molecule has 0 saturated carbocycles. The van der Waals surface area contributed by atoms with Crippen LogP contribution < -0.4 is 14.5 Å². The zero-order valence-electron chi connectivity index (χ0n) is 36.7. The summed E-state index contributed by atoms with van der Waals surface area (Å²) in [6.07, 6.45) is 5.72. The molecule has 5 aromatic carbocycles. The minimum atomic E-state index is -0.0200. The molecule has 6 nitrogen and oxygen atoms in total. The molecule has 0 unspecified atom stereocenters. The summed E-state index contributed by atoms with van der Waals surface area (Å²) in [5.74, 6) is 2.61. The van der Waals surface area contributed by atoms with Crippen molar-refractivity contribution in [3.8, 4) is 28.4 Å². The second-order valence-electron chi connectivity index (χ2n) is 17.9. The smallest absolute Gasteiger partial charge is 0.135 e. The number of para-hydroxylation sites is 1. The van der Waals surface area contributed by atoms with Crippen LogP contribution in [0.5, 0.6) is 11.5 Å². The minimum absolute atomic E-state index is 0. The van der Waals surface area contributed by atoms with Crippen LogP contribution in [0.15, 0.2) is 116 Å². The fourth-order valence-corrected chi connectivity index (χ4v) is 8.93. The summed E-state index contributed by atoms with van der Waals surface area (Å²) in [5.41, 5.74) is 16.4. The Morgan fingerprint density at radius 1 is 0.689 bits per heavy atom. The van der Waals surface area contributed by atoms with Gasteiger partial charge in [0, 0.05) is 68.0 Å². The maximum Gasteiger partial charge on any atom is 0.135 e. The summed E-state index contributed by atoms with van der Waals surface area (Å²) >= 11 is 0. The summed E-state index contributed by atoms with van der Waals surface area (Å²) in [6.45, 7) is 24.7. The van der Waals surface area contributed by atoms with Gasteiger partial charge in [-0.05, 0) is 119 Å². The van der Waals surface area contributed by atoms with Crippen LogP contribution in [0.4, 0.5) is 22.7 Å². The number of hydrogen-bond donors (Lipinski definition) is 0. The zero-order chi connectivity index (χ0) is 42.0. The number of nitrogens with zero attached hydrogens (tertiary/aromatic N) is 5. The van der Waals surface area contributed by atoms with Crippen molar-refractivity contribution < 1.29 is 25.8 Å². The molecule has 61 heavy (non-hydrogen) atoms. The van der Waals surface area contributed by atoms with Crippen LogP contribution in [0, 0.1) is 39.6 Å². The number of hydrogen-bond acceptors (Lipinski definition) is 5. The van der Waals surface area contributed by atoms with Gasteiger partial charge in [0.15, 0.2) is 0 Å². The third-order valence-electron chi connectivity index (χ3n) is 11.8. The van der Waals surface area contributed by atoms with Crippen LogP contribution in [-0.2, 0) is 26.5 Å². The van der Waals surface area contributed by atoms with Crippen molar-refractivity contribution in [2.75, 3.05) is 9.80 Å². The van der Waals surface area contributed by atoms with Gasteiger partial charge >= 0.3 is 0 Å². The zero-order valence-corrected chi connectivity index (χ0v) is 38.9. The molecule has 7 heteroatoms. The van der Waals surface area contributed by atoms with Gasteiger partial charge in [0.05, 0.1) is 5.69 Å². The van der Waals surface area contributed by atoms with Gasteiger partial charge in [-0.3, -0.25) is 4.98 Å². The van der Waals surface area contributed by atoms with Crippen molar-refractivity contribution in [2.24, 2.45) is 0 Å². The molecule has 312 valence electrons. The molecule has 0 bridgehead atoms. The molecule has 1 aliphatic rings. The Hall–Kier alpha value is -5.71. The van der Waals surface area contributed by atoms with Gasteiger partial charge in [-0.15, -0.1) is 48.1 Å². The summed E-state index contributed by atoms with van der Waals surface area (Å²) in [7, 11) is 0. The molecular formula is C54H52N5OPt-3. The number of anilines is 4. The Morgan fingerprint density at radius 2 is 1.39 bits per heavy atom. The predicted octanol–water partition coefficient (Wildman–Crippen LogP) is 14.5. The van der Waals surface area contributed by atoms with E-state index >= 15 is 0 Å². The van der Waals surface area contributed by atoms with Crippen LogP contribution in [0.1, 0.15) is 93.7 Å². The van der Waals surface area contributed by atoms with Crippen molar-refractivity contribution in [2.45, 2.75) is 86.5 Å². The van der Waals surface area contributed by atoms with E-state index < -0.39 is 0 Å². The van der Waals surface area contributed by atoms with Gasteiger partial charge in [-0.25, -0.2) is 4.98 Å². The van der Waals surface area contributed by atoms with E-state index in [4.69, 9.17) is 9.72 Å². The van der Waals surface area contributed by atoms with Gasteiger partial charge < -0.3 is 19.1 Å². The standard InChI is InChI=1S/C54H52N5O.Pt/c1-33(2)45-26-38(52-36(6)24-35(5)25-37(52)7)27-46(34(3)4)53(45)58-32-57(50-31-55-22-21-48(50)58)40-14-13-15-41(29-40)60-42-18-19-44-43-16-11-12-17-47(43)59(49(44)30-42)51-28-39(20-23-56-51)54(8,9)10;/h11-28,31-34H,1-10H3;/q-3;. The van der Waals surface area contributed by atoms with Gasteiger partial charge in [0.1, 0.15) is 5.82 Å². The monoisotopic (exact) mass is 981 g/mol. The van der Waals surface area contributed by atoms with Crippen LogP contribution in [0.3, 0.4) is 0 Å². The number of rotatable bonds is 8. The first-order chi connectivity index (χ1) is 28.8. The van der Waals surface area contributed by atoms with E-state index in [2.05, 4.69) is 186 Å². The van der Waals surface area contributed by atoms with Gasteiger partial charge in [-0.1, -0.05) is 89.9 Å². The SMILES string of the molecule is Cc1cc(C)c(-c2cc(C(C)C)c(N3[CH-]N(c4[c-]c(Oc5[c-]c6c(cc5)c5ccccc5n6-c5cc(C(C)(C)C)ccn5)ccc4)c4cnccc43)c(C(C)C)c2)c(C)c1.[Pt]. The van der Waals surface area contributed by atoms with Crippen LogP contribution in [0.2, 0.25) is 0 Å². The van der Waals surface area contributed by atoms with Crippen molar-refractivity contribution >= 4 is 44.6 Å². The molecule has 9 rings (SSSR count). The van der Waals surface area contributed by atoms with Gasteiger partial charge in [0.25, 0.3) is 0 Å². The molecule has 4 heterocycles. The predicted molar refractivity (Wildman–Crippen MR) is 249 cm³/mol. The molecule has 0 fully saturated rings. The number of aromatic nitrogens is 3. The second kappa shape index (κ2) is 16.3. The quantitative estimate of drug-likeness (QED) is 0.142. The molecule has 0 N–H and O–H groups in total. The van der Waals surface area contributed by atoms with Crippen molar-refractivity contribution in [3.63, 3.8) is 0 Å². The molecule has 1 aliphatic heterocycles. The average Bonchev–Trinajstić information content (AvgIpc) is 3.76. The fourth-order valence-electron chi connectivity index (χ4n) is 8.93. The molecule has 0 radical (unpaired) electrons. The van der Waals surface area contributed by atoms with Gasteiger partial charge in [-0.2, -0.15) is 12.1 Å². The molecular weight excluding hydrogens is 930 g/mol. The van der Waals surface area contributed by atoms with E-state index in [9.17, 15) is 0 Å². The number of pyridine rings is 2. The minimum Gasteiger partial charge on any atom is -0.509 e. The van der Waals surface area contributed by atoms with Crippen LogP contribution in [0.25, 0.3) is 38.8 Å². The number of benzene rings is 5. The van der Waals surface area contributed by atoms with E-state index in [-0.39, 0.29) is 38.3 Å². The molecule has 0 saturated heterocycles. The summed E-state index contributed by atoms with van der Waals surface area (Å²) in [5, 5.41) is 2.23. The van der Waals surface area contributed by atoms with Gasteiger partial charge in [0.2, 0.25) is 0 Å². The van der Waals surface area contributed by atoms with E-state index in [0.717, 1.165) is 44.7 Å². The first kappa shape index (κ1) is 42.0. The number of aryl methyl sites for hydroxylation is 3. The third-order valence-corrected chi connectivity index (χ3v) is 11.8. The summed E-state index contributed by atoms with van der Waals surface area (Å²) in [6, 6.07) is 41.6. The normalized spacial score (nSPS) is 12.8. The van der Waals surface area contributed by atoms with Crippen molar-refractivity contribution in [1.82, 2.24) is 14.5 Å². The number of fused-ring (bicyclic) bond motifs is 4. The molecule has 0 aliphatic carbocycles. The van der Waals surface area contributed by atoms with Crippen molar-refractivity contribution in [3.05, 3.63) is 168 Å². The fraction of sp³-hybridized carbons (Fsp3) is 0.241. The van der Waals surface area contributed by atoms with Crippen LogP contribution >= 0.6 is 0 Å². The van der Waals surface area contributed by atoms with E-state index in [0.29, 0.717) is 11.5 Å². The average molecular weight is 982 g/mol. The summed E-state index contributed by atoms with van der Waals surface area (Å²) < 4.78 is 8.81. The first-order valence-corrected chi connectivity index (χ1v) is 21.0.